The van der Waals surface area contributed by atoms with E-state index in [0.717, 1.165) is 23.3 Å². The van der Waals surface area contributed by atoms with Crippen molar-refractivity contribution in [3.8, 4) is 0 Å². The molecule has 2 saturated carbocycles. The summed E-state index contributed by atoms with van der Waals surface area (Å²) in [5.74, 6) is 1.02. The summed E-state index contributed by atoms with van der Waals surface area (Å²) >= 11 is 2.07. The SMILES string of the molecule is CCC(NC1CCCC(SC)C1)C1CC1. The Morgan fingerprint density at radius 1 is 1.27 bits per heavy atom. The van der Waals surface area contributed by atoms with Crippen molar-refractivity contribution in [3.05, 3.63) is 0 Å². The van der Waals surface area contributed by atoms with Crippen LogP contribution in [-0.2, 0) is 0 Å². The third kappa shape index (κ3) is 3.39. The molecule has 0 aromatic rings. The van der Waals surface area contributed by atoms with Crippen molar-refractivity contribution in [1.29, 1.82) is 0 Å². The molecule has 88 valence electrons. The smallest absolute Gasteiger partial charge is 0.00953 e. The molecule has 0 aliphatic heterocycles. The zero-order chi connectivity index (χ0) is 10.7. The zero-order valence-corrected chi connectivity index (χ0v) is 11.0. The summed E-state index contributed by atoms with van der Waals surface area (Å²) in [4.78, 5) is 0. The molecule has 0 amide bonds. The zero-order valence-electron chi connectivity index (χ0n) is 10.2. The van der Waals surface area contributed by atoms with Crippen molar-refractivity contribution in [3.63, 3.8) is 0 Å². The van der Waals surface area contributed by atoms with E-state index in [9.17, 15) is 0 Å². The van der Waals surface area contributed by atoms with E-state index >= 15 is 0 Å². The second-order valence-electron chi connectivity index (χ2n) is 5.24. The molecule has 2 fully saturated rings. The molecule has 3 atom stereocenters. The van der Waals surface area contributed by atoms with Crippen molar-refractivity contribution in [2.24, 2.45) is 5.92 Å². The fourth-order valence-corrected chi connectivity index (χ4v) is 3.73. The van der Waals surface area contributed by atoms with Crippen LogP contribution >= 0.6 is 11.8 Å². The maximum Gasteiger partial charge on any atom is 0.00953 e. The maximum atomic E-state index is 3.92. The fourth-order valence-electron chi connectivity index (χ4n) is 2.90. The largest absolute Gasteiger partial charge is 0.311 e. The van der Waals surface area contributed by atoms with Gasteiger partial charge in [0.15, 0.2) is 0 Å². The Kier molecular flexibility index (Phi) is 4.39. The first-order chi connectivity index (χ1) is 7.33. The summed E-state index contributed by atoms with van der Waals surface area (Å²) in [5.41, 5.74) is 0. The monoisotopic (exact) mass is 227 g/mol. The Labute approximate surface area is 98.8 Å². The number of rotatable bonds is 5. The van der Waals surface area contributed by atoms with Crippen molar-refractivity contribution >= 4 is 11.8 Å². The minimum atomic E-state index is 0.821. The number of thioether (sulfide) groups is 1. The van der Waals surface area contributed by atoms with Gasteiger partial charge in [0.1, 0.15) is 0 Å². The second kappa shape index (κ2) is 5.58. The lowest BCUT2D eigenvalue weighted by Gasteiger charge is -2.32. The molecule has 0 saturated heterocycles. The average Bonchev–Trinajstić information content (AvgIpc) is 3.10. The van der Waals surface area contributed by atoms with Gasteiger partial charge in [-0.25, -0.2) is 0 Å². The van der Waals surface area contributed by atoms with E-state index in [4.69, 9.17) is 0 Å². The molecule has 15 heavy (non-hydrogen) atoms. The van der Waals surface area contributed by atoms with E-state index in [1.165, 1.54) is 44.9 Å². The van der Waals surface area contributed by atoms with Crippen LogP contribution in [0.2, 0.25) is 0 Å². The molecule has 0 radical (unpaired) electrons. The minimum Gasteiger partial charge on any atom is -0.311 e. The first kappa shape index (κ1) is 11.8. The van der Waals surface area contributed by atoms with Crippen LogP contribution in [0.5, 0.6) is 0 Å². The lowest BCUT2D eigenvalue weighted by atomic mass is 9.93. The first-order valence-corrected chi connectivity index (χ1v) is 7.91. The van der Waals surface area contributed by atoms with Gasteiger partial charge in [-0.2, -0.15) is 11.8 Å². The van der Waals surface area contributed by atoms with Gasteiger partial charge in [0.05, 0.1) is 0 Å². The minimum absolute atomic E-state index is 0.821. The van der Waals surface area contributed by atoms with E-state index in [2.05, 4.69) is 30.3 Å². The molecule has 3 unspecified atom stereocenters. The van der Waals surface area contributed by atoms with Crippen LogP contribution in [0.3, 0.4) is 0 Å². The molecule has 0 heterocycles. The van der Waals surface area contributed by atoms with Gasteiger partial charge in [0.2, 0.25) is 0 Å². The van der Waals surface area contributed by atoms with Gasteiger partial charge in [0.25, 0.3) is 0 Å². The third-order valence-corrected chi connectivity index (χ3v) is 5.13. The van der Waals surface area contributed by atoms with Crippen LogP contribution in [0.25, 0.3) is 0 Å². The summed E-state index contributed by atoms with van der Waals surface area (Å²) < 4.78 is 0. The van der Waals surface area contributed by atoms with Crippen LogP contribution in [0.4, 0.5) is 0 Å². The van der Waals surface area contributed by atoms with Gasteiger partial charge in [-0.1, -0.05) is 13.3 Å². The highest BCUT2D eigenvalue weighted by molar-refractivity contribution is 7.99. The van der Waals surface area contributed by atoms with E-state index < -0.39 is 0 Å². The summed E-state index contributed by atoms with van der Waals surface area (Å²) in [6.07, 6.45) is 12.2. The maximum absolute atomic E-state index is 3.92. The lowest BCUT2D eigenvalue weighted by Crippen LogP contribution is -2.42. The summed E-state index contributed by atoms with van der Waals surface area (Å²) in [5, 5.41) is 4.84. The standard InChI is InChI=1S/C13H25NS/c1-3-13(10-7-8-10)14-11-5-4-6-12(9-11)15-2/h10-14H,3-9H2,1-2H3. The highest BCUT2D eigenvalue weighted by atomic mass is 32.2. The molecule has 2 aliphatic rings. The van der Waals surface area contributed by atoms with Gasteiger partial charge in [-0.15, -0.1) is 0 Å². The molecule has 0 aromatic carbocycles. The normalized spacial score (nSPS) is 34.0. The van der Waals surface area contributed by atoms with E-state index in [1.807, 2.05) is 0 Å². The molecule has 2 aliphatic carbocycles. The molecule has 0 spiro atoms. The van der Waals surface area contributed by atoms with E-state index in [0.29, 0.717) is 0 Å². The van der Waals surface area contributed by atoms with Crippen LogP contribution < -0.4 is 5.32 Å². The Balaban J connectivity index is 1.76. The Hall–Kier alpha value is 0.310. The number of hydrogen-bond acceptors (Lipinski definition) is 2. The van der Waals surface area contributed by atoms with Gasteiger partial charge >= 0.3 is 0 Å². The van der Waals surface area contributed by atoms with Crippen molar-refractivity contribution in [2.75, 3.05) is 6.26 Å². The highest BCUT2D eigenvalue weighted by Gasteiger charge is 2.32. The first-order valence-electron chi connectivity index (χ1n) is 6.62. The molecular formula is C13H25NS. The third-order valence-electron chi connectivity index (χ3n) is 4.04. The van der Waals surface area contributed by atoms with Crippen molar-refractivity contribution in [2.45, 2.75) is 69.2 Å². The molecule has 1 N–H and O–H groups in total. The van der Waals surface area contributed by atoms with Gasteiger partial charge in [-0.05, 0) is 50.7 Å². The van der Waals surface area contributed by atoms with Gasteiger partial charge in [-0.3, -0.25) is 0 Å². The van der Waals surface area contributed by atoms with E-state index in [1.54, 1.807) is 0 Å². The van der Waals surface area contributed by atoms with Crippen LogP contribution in [0.15, 0.2) is 0 Å². The van der Waals surface area contributed by atoms with Crippen molar-refractivity contribution in [1.82, 2.24) is 5.32 Å². The second-order valence-corrected chi connectivity index (χ2v) is 6.38. The molecule has 2 heteroatoms. The average molecular weight is 227 g/mol. The fraction of sp³-hybridized carbons (Fsp3) is 1.00. The van der Waals surface area contributed by atoms with Crippen molar-refractivity contribution < 1.29 is 0 Å². The van der Waals surface area contributed by atoms with E-state index in [-0.39, 0.29) is 0 Å². The molecular weight excluding hydrogens is 202 g/mol. The molecule has 0 bridgehead atoms. The Morgan fingerprint density at radius 3 is 2.67 bits per heavy atom. The predicted molar refractivity (Wildman–Crippen MR) is 69.5 cm³/mol. The lowest BCUT2D eigenvalue weighted by molar-refractivity contribution is 0.319. The predicted octanol–water partition coefficient (Wildman–Crippen LogP) is 3.44. The Morgan fingerprint density at radius 2 is 2.07 bits per heavy atom. The van der Waals surface area contributed by atoms with Crippen LogP contribution in [0, 0.1) is 5.92 Å². The Bertz CT molecular complexity index is 191. The molecule has 0 aromatic heterocycles. The summed E-state index contributed by atoms with van der Waals surface area (Å²) in [6.45, 7) is 2.34. The topological polar surface area (TPSA) is 12.0 Å². The summed E-state index contributed by atoms with van der Waals surface area (Å²) in [6, 6.07) is 1.65. The van der Waals surface area contributed by atoms with Gasteiger partial charge in [0, 0.05) is 17.3 Å². The summed E-state index contributed by atoms with van der Waals surface area (Å²) in [7, 11) is 0. The quantitative estimate of drug-likeness (QED) is 0.772. The number of hydrogen-bond donors (Lipinski definition) is 1. The molecule has 2 rings (SSSR count). The highest BCUT2D eigenvalue weighted by Crippen LogP contribution is 2.35. The van der Waals surface area contributed by atoms with Crippen LogP contribution in [0.1, 0.15) is 51.9 Å². The number of nitrogens with one attached hydrogen (secondary N) is 1. The molecule has 1 nitrogen and oxygen atoms in total. The van der Waals surface area contributed by atoms with Crippen LogP contribution in [-0.4, -0.2) is 23.6 Å². The van der Waals surface area contributed by atoms with Gasteiger partial charge < -0.3 is 5.32 Å².